The lowest BCUT2D eigenvalue weighted by Crippen LogP contribution is -2.56. The van der Waals surface area contributed by atoms with Crippen LogP contribution in [0.5, 0.6) is 0 Å². The molecule has 3 atom stereocenters. The zero-order valence-electron chi connectivity index (χ0n) is 11.8. The van der Waals surface area contributed by atoms with Gasteiger partial charge in [0.25, 0.3) is 0 Å². The summed E-state index contributed by atoms with van der Waals surface area (Å²) in [6, 6.07) is -0.192. The molecule has 0 radical (unpaired) electrons. The molecule has 1 fully saturated rings. The van der Waals surface area contributed by atoms with Crippen LogP contribution in [0.3, 0.4) is 0 Å². The number of nitrogens with two attached hydrogens (primary N) is 1. The Labute approximate surface area is 109 Å². The van der Waals surface area contributed by atoms with Crippen molar-refractivity contribution in [2.45, 2.75) is 58.3 Å². The lowest BCUT2D eigenvalue weighted by Gasteiger charge is -2.42. The summed E-state index contributed by atoms with van der Waals surface area (Å²) in [4.78, 5) is 13.7. The summed E-state index contributed by atoms with van der Waals surface area (Å²) in [7, 11) is 0. The summed E-state index contributed by atoms with van der Waals surface area (Å²) >= 11 is 0. The zero-order chi connectivity index (χ0) is 13.9. The lowest BCUT2D eigenvalue weighted by molar-refractivity contribution is -0.0447. The van der Waals surface area contributed by atoms with Crippen molar-refractivity contribution in [3.8, 4) is 0 Å². The number of aliphatic hydroxyl groups excluding tert-OH is 1. The van der Waals surface area contributed by atoms with Gasteiger partial charge in [-0.15, -0.1) is 0 Å². The molecule has 5 nitrogen and oxygen atoms in total. The molecular weight excluding hydrogens is 232 g/mol. The van der Waals surface area contributed by atoms with E-state index in [1.807, 2.05) is 27.7 Å². The largest absolute Gasteiger partial charge is 0.444 e. The number of nitrogens with zero attached hydrogens (tertiary/aromatic N) is 1. The van der Waals surface area contributed by atoms with Gasteiger partial charge in [0, 0.05) is 12.5 Å². The van der Waals surface area contributed by atoms with E-state index < -0.39 is 11.7 Å². The Morgan fingerprint density at radius 2 is 2.11 bits per heavy atom. The van der Waals surface area contributed by atoms with E-state index in [-0.39, 0.29) is 18.1 Å². The van der Waals surface area contributed by atoms with Crippen LogP contribution < -0.4 is 5.73 Å². The van der Waals surface area contributed by atoms with E-state index in [1.54, 1.807) is 4.90 Å². The first-order valence-electron chi connectivity index (χ1n) is 6.68. The Morgan fingerprint density at radius 1 is 1.50 bits per heavy atom. The molecule has 0 spiro atoms. The average molecular weight is 258 g/mol. The van der Waals surface area contributed by atoms with E-state index >= 15 is 0 Å². The Bertz CT molecular complexity index is 288. The number of likely N-dealkylation sites (tertiary alicyclic amines) is 1. The molecular formula is C13H26N2O3. The van der Waals surface area contributed by atoms with Crippen LogP contribution >= 0.6 is 0 Å². The Kier molecular flexibility index (Phi) is 4.99. The van der Waals surface area contributed by atoms with Crippen molar-refractivity contribution in [2.75, 3.05) is 13.1 Å². The fraction of sp³-hybridized carbons (Fsp3) is 0.923. The SMILES string of the molecule is CCC1C(O)C(CN)CCN1C(=O)OC(C)(C)C. The molecule has 0 aromatic carbocycles. The fourth-order valence-electron chi connectivity index (χ4n) is 2.41. The third-order valence-corrected chi connectivity index (χ3v) is 3.37. The highest BCUT2D eigenvalue weighted by molar-refractivity contribution is 5.68. The van der Waals surface area contributed by atoms with Gasteiger partial charge in [0.1, 0.15) is 5.60 Å². The average Bonchev–Trinajstić information content (AvgIpc) is 2.26. The van der Waals surface area contributed by atoms with Gasteiger partial charge in [-0.25, -0.2) is 4.79 Å². The van der Waals surface area contributed by atoms with Crippen LogP contribution in [0.4, 0.5) is 4.79 Å². The third kappa shape index (κ3) is 3.59. The topological polar surface area (TPSA) is 75.8 Å². The molecule has 0 bridgehead atoms. The van der Waals surface area contributed by atoms with Gasteiger partial charge in [0.2, 0.25) is 0 Å². The molecule has 0 aromatic heterocycles. The number of ether oxygens (including phenoxy) is 1. The maximum atomic E-state index is 12.1. The number of piperidine rings is 1. The highest BCUT2D eigenvalue weighted by Gasteiger charge is 2.39. The van der Waals surface area contributed by atoms with E-state index in [2.05, 4.69) is 0 Å². The van der Waals surface area contributed by atoms with Gasteiger partial charge < -0.3 is 20.5 Å². The second-order valence-corrected chi connectivity index (χ2v) is 5.92. The van der Waals surface area contributed by atoms with Crippen LogP contribution in [0.1, 0.15) is 40.5 Å². The van der Waals surface area contributed by atoms with E-state index in [1.165, 1.54) is 0 Å². The van der Waals surface area contributed by atoms with Crippen molar-refractivity contribution in [2.24, 2.45) is 11.7 Å². The second kappa shape index (κ2) is 5.89. The molecule has 0 saturated carbocycles. The van der Waals surface area contributed by atoms with Gasteiger partial charge in [-0.1, -0.05) is 6.92 Å². The molecule has 3 N–H and O–H groups in total. The van der Waals surface area contributed by atoms with E-state index in [9.17, 15) is 9.90 Å². The van der Waals surface area contributed by atoms with Gasteiger partial charge in [0.15, 0.2) is 0 Å². The van der Waals surface area contributed by atoms with Gasteiger partial charge in [-0.2, -0.15) is 0 Å². The molecule has 1 aliphatic heterocycles. The molecule has 18 heavy (non-hydrogen) atoms. The quantitative estimate of drug-likeness (QED) is 0.783. The zero-order valence-corrected chi connectivity index (χ0v) is 11.8. The van der Waals surface area contributed by atoms with Crippen molar-refractivity contribution in [3.63, 3.8) is 0 Å². The van der Waals surface area contributed by atoms with Gasteiger partial charge in [-0.05, 0) is 40.2 Å². The third-order valence-electron chi connectivity index (χ3n) is 3.37. The van der Waals surface area contributed by atoms with Crippen LogP contribution in [0.2, 0.25) is 0 Å². The van der Waals surface area contributed by atoms with Gasteiger partial charge in [-0.3, -0.25) is 0 Å². The molecule has 1 heterocycles. The number of carbonyl (C=O) groups excluding carboxylic acids is 1. The summed E-state index contributed by atoms with van der Waals surface area (Å²) in [5.41, 5.74) is 5.13. The summed E-state index contributed by atoms with van der Waals surface area (Å²) in [5, 5.41) is 10.2. The fourth-order valence-corrected chi connectivity index (χ4v) is 2.41. The van der Waals surface area contributed by atoms with Crippen molar-refractivity contribution in [1.29, 1.82) is 0 Å². The molecule has 0 aromatic rings. The van der Waals surface area contributed by atoms with E-state index in [0.29, 0.717) is 19.5 Å². The van der Waals surface area contributed by atoms with Crippen LogP contribution in [-0.2, 0) is 4.74 Å². The minimum Gasteiger partial charge on any atom is -0.444 e. The Morgan fingerprint density at radius 3 is 2.56 bits per heavy atom. The molecule has 0 aliphatic carbocycles. The standard InChI is InChI=1S/C13H26N2O3/c1-5-10-11(16)9(8-14)6-7-15(10)12(17)18-13(2,3)4/h9-11,16H,5-8,14H2,1-4H3. The summed E-state index contributed by atoms with van der Waals surface area (Å²) in [6.07, 6.45) is 0.537. The maximum Gasteiger partial charge on any atom is 0.410 e. The number of amides is 1. The molecule has 1 aliphatic rings. The Balaban J connectivity index is 2.74. The predicted octanol–water partition coefficient (Wildman–Crippen LogP) is 1.34. The van der Waals surface area contributed by atoms with Crippen molar-refractivity contribution < 1.29 is 14.6 Å². The second-order valence-electron chi connectivity index (χ2n) is 5.92. The van der Waals surface area contributed by atoms with Gasteiger partial charge >= 0.3 is 6.09 Å². The molecule has 5 heteroatoms. The predicted molar refractivity (Wildman–Crippen MR) is 70.2 cm³/mol. The van der Waals surface area contributed by atoms with Crippen LogP contribution in [0.25, 0.3) is 0 Å². The van der Waals surface area contributed by atoms with Crippen molar-refractivity contribution >= 4 is 6.09 Å². The maximum absolute atomic E-state index is 12.1. The number of aliphatic hydroxyl groups is 1. The highest BCUT2D eigenvalue weighted by Crippen LogP contribution is 2.26. The number of carbonyl (C=O) groups is 1. The monoisotopic (exact) mass is 258 g/mol. The number of hydrogen-bond acceptors (Lipinski definition) is 4. The first-order valence-corrected chi connectivity index (χ1v) is 6.68. The molecule has 1 amide bonds. The van der Waals surface area contributed by atoms with E-state index in [0.717, 1.165) is 6.42 Å². The number of hydrogen-bond donors (Lipinski definition) is 2. The molecule has 1 rings (SSSR count). The minimum atomic E-state index is -0.554. The summed E-state index contributed by atoms with van der Waals surface area (Å²) in [6.45, 7) is 8.55. The first-order chi connectivity index (χ1) is 8.30. The summed E-state index contributed by atoms with van der Waals surface area (Å²) in [5.74, 6) is 0.0774. The molecule has 1 saturated heterocycles. The van der Waals surface area contributed by atoms with Gasteiger partial charge in [0.05, 0.1) is 12.1 Å². The summed E-state index contributed by atoms with van der Waals surface area (Å²) < 4.78 is 5.37. The smallest absolute Gasteiger partial charge is 0.410 e. The van der Waals surface area contributed by atoms with E-state index in [4.69, 9.17) is 10.5 Å². The lowest BCUT2D eigenvalue weighted by atomic mass is 9.87. The molecule has 3 unspecified atom stereocenters. The molecule has 106 valence electrons. The Hall–Kier alpha value is -0.810. The van der Waals surface area contributed by atoms with Crippen LogP contribution in [-0.4, -0.2) is 46.9 Å². The van der Waals surface area contributed by atoms with Crippen molar-refractivity contribution in [1.82, 2.24) is 4.90 Å². The van der Waals surface area contributed by atoms with Crippen LogP contribution in [0.15, 0.2) is 0 Å². The normalized spacial score (nSPS) is 29.2. The minimum absolute atomic E-state index is 0.0774. The first kappa shape index (κ1) is 15.2. The number of rotatable bonds is 2. The highest BCUT2D eigenvalue weighted by atomic mass is 16.6. The van der Waals surface area contributed by atoms with Crippen LogP contribution in [0, 0.1) is 5.92 Å². The van der Waals surface area contributed by atoms with Crippen molar-refractivity contribution in [3.05, 3.63) is 0 Å².